The van der Waals surface area contributed by atoms with E-state index in [0.717, 1.165) is 10.2 Å². The van der Waals surface area contributed by atoms with Gasteiger partial charge >= 0.3 is 0 Å². The van der Waals surface area contributed by atoms with Gasteiger partial charge in [-0.15, -0.1) is 0 Å². The van der Waals surface area contributed by atoms with E-state index in [1.165, 1.54) is 0 Å². The van der Waals surface area contributed by atoms with Crippen molar-refractivity contribution in [2.45, 2.75) is 13.8 Å². The van der Waals surface area contributed by atoms with Crippen LogP contribution in [-0.4, -0.2) is 19.0 Å². The summed E-state index contributed by atoms with van der Waals surface area (Å²) in [5, 5.41) is 14.9. The average Bonchev–Trinajstić information content (AvgIpc) is 2.35. The molecule has 1 aromatic rings. The van der Waals surface area contributed by atoms with Crippen LogP contribution in [-0.2, 0) is 4.79 Å². The van der Waals surface area contributed by atoms with E-state index in [2.05, 4.69) is 32.6 Å². The smallest absolute Gasteiger partial charge is 0.222 e. The normalized spacial score (nSPS) is 9.94. The molecule has 1 amide bonds. The topological polar surface area (TPSA) is 64.9 Å². The number of hydrogen-bond acceptors (Lipinski definition) is 3. The van der Waals surface area contributed by atoms with Crippen LogP contribution in [0.15, 0.2) is 22.7 Å². The number of carbonyl (C=O) groups is 1. The van der Waals surface area contributed by atoms with Crippen LogP contribution in [0.25, 0.3) is 0 Å². The highest BCUT2D eigenvalue weighted by atomic mass is 79.9. The molecule has 18 heavy (non-hydrogen) atoms. The summed E-state index contributed by atoms with van der Waals surface area (Å²) in [5.41, 5.74) is 1.36. The van der Waals surface area contributed by atoms with Crippen molar-refractivity contribution >= 4 is 27.5 Å². The lowest BCUT2D eigenvalue weighted by Gasteiger charge is -2.10. The minimum Gasteiger partial charge on any atom is -0.382 e. The Morgan fingerprint density at radius 3 is 2.78 bits per heavy atom. The van der Waals surface area contributed by atoms with E-state index in [9.17, 15) is 4.79 Å². The molecule has 96 valence electrons. The molecule has 0 radical (unpaired) electrons. The number of hydrogen-bond donors (Lipinski definition) is 2. The van der Waals surface area contributed by atoms with E-state index in [4.69, 9.17) is 5.26 Å². The Kier molecular flexibility index (Phi) is 5.66. The zero-order chi connectivity index (χ0) is 13.5. The van der Waals surface area contributed by atoms with E-state index in [1.54, 1.807) is 6.07 Å². The molecule has 0 heterocycles. The van der Waals surface area contributed by atoms with Gasteiger partial charge in [0, 0.05) is 23.5 Å². The van der Waals surface area contributed by atoms with Crippen molar-refractivity contribution in [1.82, 2.24) is 5.32 Å². The molecule has 0 aliphatic carbocycles. The van der Waals surface area contributed by atoms with Crippen LogP contribution in [0, 0.1) is 17.2 Å². The molecule has 0 spiro atoms. The van der Waals surface area contributed by atoms with Crippen molar-refractivity contribution < 1.29 is 4.79 Å². The third kappa shape index (κ3) is 4.38. The molecular formula is C13H16BrN3O. The van der Waals surface area contributed by atoms with Gasteiger partial charge in [-0.05, 0) is 18.2 Å². The van der Waals surface area contributed by atoms with Crippen molar-refractivity contribution in [3.63, 3.8) is 0 Å². The van der Waals surface area contributed by atoms with Gasteiger partial charge in [-0.2, -0.15) is 5.26 Å². The highest BCUT2D eigenvalue weighted by Gasteiger charge is 2.05. The van der Waals surface area contributed by atoms with Crippen LogP contribution in [0.1, 0.15) is 19.4 Å². The van der Waals surface area contributed by atoms with Crippen molar-refractivity contribution in [1.29, 1.82) is 5.26 Å². The van der Waals surface area contributed by atoms with Gasteiger partial charge < -0.3 is 10.6 Å². The van der Waals surface area contributed by atoms with Gasteiger partial charge in [0.2, 0.25) is 5.91 Å². The number of rotatable bonds is 5. The predicted molar refractivity (Wildman–Crippen MR) is 75.2 cm³/mol. The molecule has 5 heteroatoms. The van der Waals surface area contributed by atoms with Crippen LogP contribution in [0.5, 0.6) is 0 Å². The number of benzene rings is 1. The molecule has 2 N–H and O–H groups in total. The maximum Gasteiger partial charge on any atom is 0.222 e. The van der Waals surface area contributed by atoms with Crippen molar-refractivity contribution in [2.24, 2.45) is 5.92 Å². The first-order valence-electron chi connectivity index (χ1n) is 5.76. The monoisotopic (exact) mass is 309 g/mol. The SMILES string of the molecule is CC(C)C(=O)NCCNc1ccc(Br)cc1C#N. The Labute approximate surface area is 116 Å². The minimum absolute atomic E-state index is 0.00708. The Morgan fingerprint density at radius 2 is 2.17 bits per heavy atom. The van der Waals surface area contributed by atoms with Crippen LogP contribution in [0.3, 0.4) is 0 Å². The van der Waals surface area contributed by atoms with Gasteiger partial charge in [0.25, 0.3) is 0 Å². The number of nitrogens with zero attached hydrogens (tertiary/aromatic N) is 1. The molecule has 0 bridgehead atoms. The molecule has 0 aromatic heterocycles. The standard InChI is InChI=1S/C13H16BrN3O/c1-9(2)13(18)17-6-5-16-12-4-3-11(14)7-10(12)8-15/h3-4,7,9,16H,5-6H2,1-2H3,(H,17,18). The molecule has 0 saturated carbocycles. The summed E-state index contributed by atoms with van der Waals surface area (Å²) in [6, 6.07) is 7.59. The molecule has 0 saturated heterocycles. The third-order valence-corrected chi connectivity index (χ3v) is 2.86. The first kappa shape index (κ1) is 14.5. The average molecular weight is 310 g/mol. The third-order valence-electron chi connectivity index (χ3n) is 2.37. The Bertz CT molecular complexity index is 466. The molecule has 1 aromatic carbocycles. The van der Waals surface area contributed by atoms with Gasteiger partial charge in [0.15, 0.2) is 0 Å². The fourth-order valence-electron chi connectivity index (χ4n) is 1.35. The quantitative estimate of drug-likeness (QED) is 0.821. The lowest BCUT2D eigenvalue weighted by molar-refractivity contribution is -0.123. The number of anilines is 1. The van der Waals surface area contributed by atoms with Crippen LogP contribution >= 0.6 is 15.9 Å². The number of carbonyl (C=O) groups excluding carboxylic acids is 1. The second kappa shape index (κ2) is 7.02. The molecular weight excluding hydrogens is 294 g/mol. The molecule has 0 aliphatic rings. The highest BCUT2D eigenvalue weighted by Crippen LogP contribution is 2.19. The van der Waals surface area contributed by atoms with Gasteiger partial charge in [0.1, 0.15) is 6.07 Å². The summed E-state index contributed by atoms with van der Waals surface area (Å²) < 4.78 is 0.873. The fourth-order valence-corrected chi connectivity index (χ4v) is 1.71. The Hall–Kier alpha value is -1.54. The van der Waals surface area contributed by atoms with Gasteiger partial charge in [-0.25, -0.2) is 0 Å². The lowest BCUT2D eigenvalue weighted by Crippen LogP contribution is -2.31. The van der Waals surface area contributed by atoms with Crippen molar-refractivity contribution in [2.75, 3.05) is 18.4 Å². The lowest BCUT2D eigenvalue weighted by atomic mass is 10.2. The number of amides is 1. The summed E-state index contributed by atoms with van der Waals surface area (Å²) in [5.74, 6) is 0.0282. The zero-order valence-corrected chi connectivity index (χ0v) is 12.0. The van der Waals surface area contributed by atoms with E-state index in [-0.39, 0.29) is 11.8 Å². The summed E-state index contributed by atoms with van der Waals surface area (Å²) in [4.78, 5) is 11.3. The maximum atomic E-state index is 11.3. The Morgan fingerprint density at radius 1 is 1.44 bits per heavy atom. The molecule has 4 nitrogen and oxygen atoms in total. The van der Waals surface area contributed by atoms with Crippen LogP contribution in [0.2, 0.25) is 0 Å². The van der Waals surface area contributed by atoms with Crippen molar-refractivity contribution in [3.8, 4) is 6.07 Å². The largest absolute Gasteiger partial charge is 0.382 e. The first-order valence-corrected chi connectivity index (χ1v) is 6.55. The molecule has 1 rings (SSSR count). The second-order valence-electron chi connectivity index (χ2n) is 4.17. The number of nitriles is 1. The zero-order valence-electron chi connectivity index (χ0n) is 10.5. The van der Waals surface area contributed by atoms with Gasteiger partial charge in [0.05, 0.1) is 11.3 Å². The summed E-state index contributed by atoms with van der Waals surface area (Å²) in [6.07, 6.45) is 0. The van der Waals surface area contributed by atoms with Gasteiger partial charge in [-0.3, -0.25) is 4.79 Å². The molecule has 0 unspecified atom stereocenters. The maximum absolute atomic E-state index is 11.3. The first-order chi connectivity index (χ1) is 8.54. The summed E-state index contributed by atoms with van der Waals surface area (Å²) in [6.45, 7) is 4.84. The highest BCUT2D eigenvalue weighted by molar-refractivity contribution is 9.10. The fraction of sp³-hybridized carbons (Fsp3) is 0.385. The number of nitrogens with one attached hydrogen (secondary N) is 2. The molecule has 0 aliphatic heterocycles. The molecule has 0 atom stereocenters. The second-order valence-corrected chi connectivity index (χ2v) is 5.09. The summed E-state index contributed by atoms with van der Waals surface area (Å²) in [7, 11) is 0. The molecule has 0 fully saturated rings. The van der Waals surface area contributed by atoms with E-state index in [1.807, 2.05) is 26.0 Å². The van der Waals surface area contributed by atoms with Crippen molar-refractivity contribution in [3.05, 3.63) is 28.2 Å². The predicted octanol–water partition coefficient (Wildman–Crippen LogP) is 2.50. The van der Waals surface area contributed by atoms with Crippen LogP contribution < -0.4 is 10.6 Å². The van der Waals surface area contributed by atoms with E-state index < -0.39 is 0 Å². The van der Waals surface area contributed by atoms with E-state index >= 15 is 0 Å². The number of halogens is 1. The van der Waals surface area contributed by atoms with Gasteiger partial charge in [-0.1, -0.05) is 29.8 Å². The van der Waals surface area contributed by atoms with Crippen LogP contribution in [0.4, 0.5) is 5.69 Å². The minimum atomic E-state index is -0.00708. The van der Waals surface area contributed by atoms with E-state index in [0.29, 0.717) is 18.7 Å². The Balaban J connectivity index is 2.45. The summed E-state index contributed by atoms with van der Waals surface area (Å²) >= 11 is 3.32.